The highest BCUT2D eigenvalue weighted by atomic mass is 32.2. The van der Waals surface area contributed by atoms with E-state index in [2.05, 4.69) is 22.6 Å². The van der Waals surface area contributed by atoms with E-state index in [0.717, 1.165) is 11.4 Å². The Bertz CT molecular complexity index is 588. The zero-order chi connectivity index (χ0) is 15.3. The third kappa shape index (κ3) is 4.93. The Morgan fingerprint density at radius 1 is 1.29 bits per heavy atom. The van der Waals surface area contributed by atoms with Gasteiger partial charge in [0.2, 0.25) is 11.8 Å². The van der Waals surface area contributed by atoms with E-state index in [9.17, 15) is 4.79 Å². The van der Waals surface area contributed by atoms with Gasteiger partial charge >= 0.3 is 0 Å². The summed E-state index contributed by atoms with van der Waals surface area (Å²) >= 11 is 1.57. The minimum absolute atomic E-state index is 0.0764. The van der Waals surface area contributed by atoms with Gasteiger partial charge in [-0.1, -0.05) is 56.3 Å². The van der Waals surface area contributed by atoms with E-state index in [1.54, 1.807) is 17.8 Å². The van der Waals surface area contributed by atoms with Crippen LogP contribution in [-0.2, 0) is 16.0 Å². The van der Waals surface area contributed by atoms with Crippen molar-refractivity contribution in [3.63, 3.8) is 0 Å². The number of carbonyl (C=O) groups is 1. The highest BCUT2D eigenvalue weighted by Crippen LogP contribution is 2.23. The Morgan fingerprint density at radius 3 is 2.62 bits per heavy atom. The first-order valence-corrected chi connectivity index (χ1v) is 7.99. The number of thioether (sulfide) groups is 1. The van der Waals surface area contributed by atoms with Gasteiger partial charge in [-0.3, -0.25) is 10.1 Å². The summed E-state index contributed by atoms with van der Waals surface area (Å²) in [7, 11) is 0. The molecule has 1 N–H and O–H groups in total. The van der Waals surface area contributed by atoms with Crippen molar-refractivity contribution in [3.05, 3.63) is 47.7 Å². The molecule has 0 bridgehead atoms. The number of rotatable bonds is 5. The maximum absolute atomic E-state index is 11.8. The molecule has 1 amide bonds. The molecule has 0 saturated heterocycles. The summed E-state index contributed by atoms with van der Waals surface area (Å²) in [6, 6.07) is 11.9. The summed E-state index contributed by atoms with van der Waals surface area (Å²) in [5, 5.41) is 6.70. The second kappa shape index (κ2) is 6.80. The lowest BCUT2D eigenvalue weighted by Gasteiger charge is -2.12. The monoisotopic (exact) mass is 304 g/mol. The number of hydrogen-bond acceptors (Lipinski definition) is 4. The molecular formula is C16H20N2O2S. The van der Waals surface area contributed by atoms with Gasteiger partial charge in [0.05, 0.1) is 11.4 Å². The molecule has 1 aromatic heterocycles. The quantitative estimate of drug-likeness (QED) is 0.911. The van der Waals surface area contributed by atoms with Crippen LogP contribution in [0.3, 0.4) is 0 Å². The van der Waals surface area contributed by atoms with Crippen LogP contribution < -0.4 is 5.32 Å². The van der Waals surface area contributed by atoms with Crippen LogP contribution in [0, 0.1) is 0 Å². The molecule has 1 heterocycles. The van der Waals surface area contributed by atoms with E-state index in [4.69, 9.17) is 4.52 Å². The predicted molar refractivity (Wildman–Crippen MR) is 86.4 cm³/mol. The van der Waals surface area contributed by atoms with Gasteiger partial charge in [-0.25, -0.2) is 0 Å². The Labute approximate surface area is 129 Å². The maximum atomic E-state index is 11.8. The number of aromatic nitrogens is 1. The summed E-state index contributed by atoms with van der Waals surface area (Å²) in [5.41, 5.74) is 1.95. The molecule has 2 aromatic rings. The van der Waals surface area contributed by atoms with Crippen LogP contribution in [0.1, 0.15) is 32.0 Å². The standard InChI is InChI=1S/C16H20N2O2S/c1-16(2,3)13-9-15(20-18-13)17-14(19)11-21-10-12-7-5-4-6-8-12/h4-9H,10-11H2,1-3H3,(H,17,19). The molecule has 1 aromatic carbocycles. The molecule has 0 aliphatic carbocycles. The zero-order valence-electron chi connectivity index (χ0n) is 12.6. The SMILES string of the molecule is CC(C)(C)c1cc(NC(=O)CSCc2ccccc2)on1. The molecule has 0 spiro atoms. The first-order chi connectivity index (χ1) is 9.95. The van der Waals surface area contributed by atoms with Crippen LogP contribution in [0.2, 0.25) is 0 Å². The fourth-order valence-corrected chi connectivity index (χ4v) is 2.48. The Balaban J connectivity index is 1.78. The topological polar surface area (TPSA) is 55.1 Å². The van der Waals surface area contributed by atoms with Crippen LogP contribution in [0.5, 0.6) is 0 Å². The van der Waals surface area contributed by atoms with Crippen molar-refractivity contribution in [1.29, 1.82) is 0 Å². The number of benzene rings is 1. The highest BCUT2D eigenvalue weighted by Gasteiger charge is 2.19. The third-order valence-corrected chi connectivity index (χ3v) is 3.89. The highest BCUT2D eigenvalue weighted by molar-refractivity contribution is 7.99. The average molecular weight is 304 g/mol. The minimum atomic E-state index is -0.0888. The van der Waals surface area contributed by atoms with Crippen LogP contribution in [0.25, 0.3) is 0 Å². The number of nitrogens with zero attached hydrogens (tertiary/aromatic N) is 1. The van der Waals surface area contributed by atoms with Gasteiger partial charge in [-0.2, -0.15) is 0 Å². The van der Waals surface area contributed by atoms with Crippen LogP contribution in [0.15, 0.2) is 40.9 Å². The number of nitrogens with one attached hydrogen (secondary N) is 1. The summed E-state index contributed by atoms with van der Waals surface area (Å²) in [4.78, 5) is 11.8. The Morgan fingerprint density at radius 2 is 2.00 bits per heavy atom. The molecule has 0 atom stereocenters. The largest absolute Gasteiger partial charge is 0.338 e. The van der Waals surface area contributed by atoms with Crippen molar-refractivity contribution in [1.82, 2.24) is 5.16 Å². The molecule has 0 radical (unpaired) electrons. The minimum Gasteiger partial charge on any atom is -0.338 e. The van der Waals surface area contributed by atoms with Gasteiger partial charge in [0.1, 0.15) is 0 Å². The fraction of sp³-hybridized carbons (Fsp3) is 0.375. The summed E-state index contributed by atoms with van der Waals surface area (Å²) < 4.78 is 5.14. The van der Waals surface area contributed by atoms with Gasteiger partial charge in [0.25, 0.3) is 0 Å². The number of hydrogen-bond donors (Lipinski definition) is 1. The first-order valence-electron chi connectivity index (χ1n) is 6.84. The Hall–Kier alpha value is -1.75. The van der Waals surface area contributed by atoms with E-state index in [-0.39, 0.29) is 11.3 Å². The molecule has 5 heteroatoms. The molecule has 0 aliphatic heterocycles. The molecule has 2 rings (SSSR count). The number of anilines is 1. The zero-order valence-corrected chi connectivity index (χ0v) is 13.4. The van der Waals surface area contributed by atoms with Gasteiger partial charge in [-0.15, -0.1) is 11.8 Å². The van der Waals surface area contributed by atoms with Crippen molar-refractivity contribution < 1.29 is 9.32 Å². The summed E-state index contributed by atoms with van der Waals surface area (Å²) in [6.07, 6.45) is 0. The third-order valence-electron chi connectivity index (χ3n) is 2.89. The summed E-state index contributed by atoms with van der Waals surface area (Å²) in [6.45, 7) is 6.14. The smallest absolute Gasteiger partial charge is 0.236 e. The van der Waals surface area contributed by atoms with E-state index >= 15 is 0 Å². The number of amides is 1. The van der Waals surface area contributed by atoms with Crippen LogP contribution >= 0.6 is 11.8 Å². The van der Waals surface area contributed by atoms with Gasteiger partial charge < -0.3 is 4.52 Å². The van der Waals surface area contributed by atoms with E-state index in [1.807, 2.05) is 39.0 Å². The van der Waals surface area contributed by atoms with Gasteiger partial charge in [0.15, 0.2) is 0 Å². The van der Waals surface area contributed by atoms with E-state index < -0.39 is 0 Å². The normalized spacial score (nSPS) is 11.4. The lowest BCUT2D eigenvalue weighted by atomic mass is 9.92. The average Bonchev–Trinajstić information content (AvgIpc) is 2.88. The molecule has 0 unspecified atom stereocenters. The van der Waals surface area contributed by atoms with Crippen LogP contribution in [-0.4, -0.2) is 16.8 Å². The molecule has 4 nitrogen and oxygen atoms in total. The lowest BCUT2D eigenvalue weighted by molar-refractivity contribution is -0.113. The van der Waals surface area contributed by atoms with Crippen molar-refractivity contribution in [2.75, 3.05) is 11.1 Å². The second-order valence-electron chi connectivity index (χ2n) is 5.85. The molecule has 112 valence electrons. The maximum Gasteiger partial charge on any atom is 0.236 e. The molecule has 0 fully saturated rings. The summed E-state index contributed by atoms with van der Waals surface area (Å²) in [5.74, 6) is 1.54. The fourth-order valence-electron chi connectivity index (χ4n) is 1.70. The molecular weight excluding hydrogens is 284 g/mol. The van der Waals surface area contributed by atoms with Crippen molar-refractivity contribution in [3.8, 4) is 0 Å². The molecule has 21 heavy (non-hydrogen) atoms. The first kappa shape index (κ1) is 15.6. The van der Waals surface area contributed by atoms with Crippen LogP contribution in [0.4, 0.5) is 5.88 Å². The molecule has 0 aliphatic rings. The van der Waals surface area contributed by atoms with Crippen molar-refractivity contribution >= 4 is 23.6 Å². The van der Waals surface area contributed by atoms with Crippen molar-refractivity contribution in [2.24, 2.45) is 0 Å². The molecule has 0 saturated carbocycles. The predicted octanol–water partition coefficient (Wildman–Crippen LogP) is 3.84. The van der Waals surface area contributed by atoms with E-state index in [0.29, 0.717) is 11.6 Å². The Kier molecular flexibility index (Phi) is 5.07. The lowest BCUT2D eigenvalue weighted by Crippen LogP contribution is -2.14. The second-order valence-corrected chi connectivity index (χ2v) is 6.84. The van der Waals surface area contributed by atoms with E-state index in [1.165, 1.54) is 5.56 Å². The van der Waals surface area contributed by atoms with Crippen molar-refractivity contribution in [2.45, 2.75) is 31.9 Å². The van der Waals surface area contributed by atoms with Gasteiger partial charge in [-0.05, 0) is 5.56 Å². The number of carbonyl (C=O) groups excluding carboxylic acids is 1. The van der Waals surface area contributed by atoms with Gasteiger partial charge in [0, 0.05) is 17.2 Å².